The van der Waals surface area contributed by atoms with E-state index in [2.05, 4.69) is 22.1 Å². The van der Waals surface area contributed by atoms with E-state index >= 15 is 0 Å². The van der Waals surface area contributed by atoms with Gasteiger partial charge in [-0.1, -0.05) is 18.2 Å². The first-order valence-electron chi connectivity index (χ1n) is 5.91. The number of nitrogens with two attached hydrogens (primary N) is 1. The Morgan fingerprint density at radius 3 is 2.22 bits per heavy atom. The van der Waals surface area contributed by atoms with Crippen LogP contribution in [0.3, 0.4) is 0 Å². The van der Waals surface area contributed by atoms with Crippen molar-refractivity contribution >= 4 is 11.8 Å². The lowest BCUT2D eigenvalue weighted by Gasteiger charge is -2.08. The first kappa shape index (κ1) is 13.1. The van der Waals surface area contributed by atoms with Gasteiger partial charge in [0.05, 0.1) is 5.75 Å². The Kier molecular flexibility index (Phi) is 4.33. The number of hydrogen-bond acceptors (Lipinski definition) is 4. The molecule has 0 amide bonds. The van der Waals surface area contributed by atoms with Gasteiger partial charge in [0.15, 0.2) is 0 Å². The van der Waals surface area contributed by atoms with E-state index in [1.54, 1.807) is 11.8 Å². The van der Waals surface area contributed by atoms with Gasteiger partial charge in [-0.25, -0.2) is 9.97 Å². The third-order valence-electron chi connectivity index (χ3n) is 2.78. The molecule has 0 bridgehead atoms. The fourth-order valence-corrected chi connectivity index (χ4v) is 2.61. The molecule has 0 aliphatic heterocycles. The van der Waals surface area contributed by atoms with Crippen molar-refractivity contribution in [2.24, 2.45) is 5.73 Å². The minimum Gasteiger partial charge on any atom is -0.326 e. The monoisotopic (exact) mass is 259 g/mol. The molecule has 0 unspecified atom stereocenters. The molecule has 0 aliphatic rings. The zero-order chi connectivity index (χ0) is 13.0. The minimum atomic E-state index is 0.504. The summed E-state index contributed by atoms with van der Waals surface area (Å²) >= 11 is 1.75. The largest absolute Gasteiger partial charge is 0.326 e. The molecule has 0 fully saturated rings. The number of nitrogens with zero attached hydrogens (tertiary/aromatic N) is 2. The highest BCUT2D eigenvalue weighted by Gasteiger charge is 2.07. The molecule has 3 nitrogen and oxygen atoms in total. The van der Waals surface area contributed by atoms with Crippen molar-refractivity contribution in [2.45, 2.75) is 31.0 Å². The Labute approximate surface area is 112 Å². The molecule has 0 saturated carbocycles. The van der Waals surface area contributed by atoms with E-state index < -0.39 is 0 Å². The Morgan fingerprint density at radius 1 is 1.06 bits per heavy atom. The average Bonchev–Trinajstić information content (AvgIpc) is 2.37. The Hall–Kier alpha value is -1.39. The lowest BCUT2D eigenvalue weighted by atomic mass is 10.2. The summed E-state index contributed by atoms with van der Waals surface area (Å²) in [6, 6.07) is 10.3. The maximum absolute atomic E-state index is 5.68. The van der Waals surface area contributed by atoms with Gasteiger partial charge in [-0.2, -0.15) is 0 Å². The van der Waals surface area contributed by atoms with E-state index in [1.807, 2.05) is 32.0 Å². The molecule has 0 aliphatic carbocycles. The second-order valence-electron chi connectivity index (χ2n) is 4.10. The number of rotatable bonds is 4. The summed E-state index contributed by atoms with van der Waals surface area (Å²) in [6.45, 7) is 4.49. The highest BCUT2D eigenvalue weighted by molar-refractivity contribution is 7.98. The molecule has 0 spiro atoms. The number of thioether (sulfide) groups is 1. The molecule has 1 aromatic carbocycles. The van der Waals surface area contributed by atoms with Crippen molar-refractivity contribution in [1.29, 1.82) is 0 Å². The van der Waals surface area contributed by atoms with Crippen molar-refractivity contribution in [1.82, 2.24) is 9.97 Å². The van der Waals surface area contributed by atoms with Gasteiger partial charge in [-0.05, 0) is 26.0 Å². The molecule has 4 heteroatoms. The van der Waals surface area contributed by atoms with Gasteiger partial charge in [-0.15, -0.1) is 11.8 Å². The molecule has 2 N–H and O–H groups in total. The smallest absolute Gasteiger partial charge is 0.139 e. The Balaban J connectivity index is 2.11. The third kappa shape index (κ3) is 3.09. The average molecular weight is 259 g/mol. The first-order chi connectivity index (χ1) is 8.70. The summed E-state index contributed by atoms with van der Waals surface area (Å²) in [6.07, 6.45) is 0. The normalized spacial score (nSPS) is 10.6. The van der Waals surface area contributed by atoms with Crippen molar-refractivity contribution in [2.75, 3.05) is 0 Å². The summed E-state index contributed by atoms with van der Waals surface area (Å²) in [5.74, 6) is 1.66. The van der Waals surface area contributed by atoms with Gasteiger partial charge >= 0.3 is 0 Å². The van der Waals surface area contributed by atoms with Crippen LogP contribution >= 0.6 is 11.8 Å². The molecule has 94 valence electrons. The van der Waals surface area contributed by atoms with E-state index in [0.717, 1.165) is 28.5 Å². The van der Waals surface area contributed by atoms with E-state index in [4.69, 9.17) is 5.73 Å². The summed E-state index contributed by atoms with van der Waals surface area (Å²) in [5.41, 5.74) is 8.73. The van der Waals surface area contributed by atoms with Gasteiger partial charge < -0.3 is 5.73 Å². The highest BCUT2D eigenvalue weighted by atomic mass is 32.2. The van der Waals surface area contributed by atoms with Crippen LogP contribution in [0.5, 0.6) is 0 Å². The van der Waals surface area contributed by atoms with Crippen LogP contribution in [0.4, 0.5) is 0 Å². The predicted octanol–water partition coefficient (Wildman–Crippen LogP) is 2.84. The van der Waals surface area contributed by atoms with Crippen LogP contribution < -0.4 is 5.73 Å². The van der Waals surface area contributed by atoms with Gasteiger partial charge in [0.1, 0.15) is 5.82 Å². The molecule has 2 rings (SSSR count). The predicted molar refractivity (Wildman–Crippen MR) is 75.4 cm³/mol. The fraction of sp³-hybridized carbons (Fsp3) is 0.286. The molecule has 0 atom stereocenters. The van der Waals surface area contributed by atoms with Crippen molar-refractivity contribution in [3.05, 3.63) is 53.1 Å². The van der Waals surface area contributed by atoms with Crippen molar-refractivity contribution < 1.29 is 0 Å². The van der Waals surface area contributed by atoms with E-state index in [1.165, 1.54) is 4.90 Å². The van der Waals surface area contributed by atoms with Crippen LogP contribution in [-0.2, 0) is 12.3 Å². The van der Waals surface area contributed by atoms with Gasteiger partial charge in [0.2, 0.25) is 0 Å². The summed E-state index contributed by atoms with van der Waals surface area (Å²) < 4.78 is 0. The van der Waals surface area contributed by atoms with E-state index in [0.29, 0.717) is 6.54 Å². The maximum atomic E-state index is 5.68. The fourth-order valence-electron chi connectivity index (χ4n) is 1.83. The molecule has 1 aromatic heterocycles. The minimum absolute atomic E-state index is 0.504. The molecule has 1 heterocycles. The maximum Gasteiger partial charge on any atom is 0.139 e. The Bertz CT molecular complexity index is 503. The third-order valence-corrected chi connectivity index (χ3v) is 3.79. The number of benzene rings is 1. The molecule has 18 heavy (non-hydrogen) atoms. The van der Waals surface area contributed by atoms with Crippen LogP contribution in [-0.4, -0.2) is 9.97 Å². The van der Waals surface area contributed by atoms with Gasteiger partial charge in [-0.3, -0.25) is 0 Å². The summed E-state index contributed by atoms with van der Waals surface area (Å²) in [5, 5.41) is 0. The summed E-state index contributed by atoms with van der Waals surface area (Å²) in [4.78, 5) is 10.3. The van der Waals surface area contributed by atoms with E-state index in [-0.39, 0.29) is 0 Å². The van der Waals surface area contributed by atoms with Gasteiger partial charge in [0, 0.05) is 28.4 Å². The number of hydrogen-bond donors (Lipinski definition) is 1. The lowest BCUT2D eigenvalue weighted by molar-refractivity contribution is 0.891. The SMILES string of the molecule is Cc1nc(CSc2ccccc2)nc(C)c1CN. The molecule has 0 radical (unpaired) electrons. The zero-order valence-electron chi connectivity index (χ0n) is 10.7. The summed E-state index contributed by atoms with van der Waals surface area (Å²) in [7, 11) is 0. The molecule has 2 aromatic rings. The first-order valence-corrected chi connectivity index (χ1v) is 6.90. The topological polar surface area (TPSA) is 51.8 Å². The van der Waals surface area contributed by atoms with Gasteiger partial charge in [0.25, 0.3) is 0 Å². The quantitative estimate of drug-likeness (QED) is 0.858. The standard InChI is InChI=1S/C14H17N3S/c1-10-13(8-15)11(2)17-14(16-10)9-18-12-6-4-3-5-7-12/h3-7H,8-9,15H2,1-2H3. The van der Waals surface area contributed by atoms with Crippen LogP contribution in [0.2, 0.25) is 0 Å². The molecular formula is C14H17N3S. The van der Waals surface area contributed by atoms with Crippen LogP contribution in [0.1, 0.15) is 22.8 Å². The second-order valence-corrected chi connectivity index (χ2v) is 5.14. The lowest BCUT2D eigenvalue weighted by Crippen LogP contribution is -2.08. The second kappa shape index (κ2) is 5.98. The van der Waals surface area contributed by atoms with Crippen LogP contribution in [0.15, 0.2) is 35.2 Å². The Morgan fingerprint density at radius 2 is 1.67 bits per heavy atom. The van der Waals surface area contributed by atoms with Crippen molar-refractivity contribution in [3.63, 3.8) is 0 Å². The number of aryl methyl sites for hydroxylation is 2. The zero-order valence-corrected chi connectivity index (χ0v) is 11.5. The molecule has 0 saturated heterocycles. The van der Waals surface area contributed by atoms with Crippen LogP contribution in [0, 0.1) is 13.8 Å². The van der Waals surface area contributed by atoms with Crippen LogP contribution in [0.25, 0.3) is 0 Å². The van der Waals surface area contributed by atoms with Crippen molar-refractivity contribution in [3.8, 4) is 0 Å². The van der Waals surface area contributed by atoms with E-state index in [9.17, 15) is 0 Å². The highest BCUT2D eigenvalue weighted by Crippen LogP contribution is 2.21. The molecular weight excluding hydrogens is 242 g/mol. The number of aromatic nitrogens is 2.